The normalized spacial score (nSPS) is 41.1. The lowest BCUT2D eigenvalue weighted by molar-refractivity contribution is -0.0464. The maximum Gasteiger partial charge on any atom is 0.181 e. The molecular formula is C62H104O6S. The zero-order valence-electron chi connectivity index (χ0n) is 43.5. The van der Waals surface area contributed by atoms with E-state index in [9.17, 15) is 28.8 Å². The van der Waals surface area contributed by atoms with Crippen LogP contribution >= 0.6 is 0 Å². The average Bonchev–Trinajstić information content (AvgIpc) is 3.89. The van der Waals surface area contributed by atoms with Crippen LogP contribution in [0.3, 0.4) is 0 Å². The molecule has 0 spiro atoms. The molecule has 0 radical (unpaired) electrons. The highest BCUT2D eigenvalue weighted by molar-refractivity contribution is 7.92. The van der Waals surface area contributed by atoms with Crippen molar-refractivity contribution >= 4 is 9.84 Å². The van der Waals surface area contributed by atoms with Crippen LogP contribution < -0.4 is 0 Å². The third-order valence-electron chi connectivity index (χ3n) is 22.4. The van der Waals surface area contributed by atoms with Gasteiger partial charge < -0.3 is 20.4 Å². The van der Waals surface area contributed by atoms with Crippen LogP contribution in [-0.4, -0.2) is 57.5 Å². The smallest absolute Gasteiger partial charge is 0.181 e. The van der Waals surface area contributed by atoms with E-state index in [2.05, 4.69) is 60.6 Å². The van der Waals surface area contributed by atoms with Gasteiger partial charge in [-0.05, 0) is 242 Å². The first-order valence-corrected chi connectivity index (χ1v) is 29.9. The van der Waals surface area contributed by atoms with Crippen molar-refractivity contribution < 1.29 is 28.8 Å². The molecule has 0 amide bonds. The molecule has 8 aliphatic carbocycles. The molecule has 0 saturated heterocycles. The Morgan fingerprint density at radius 1 is 0.609 bits per heavy atom. The van der Waals surface area contributed by atoms with Crippen molar-refractivity contribution in [2.75, 3.05) is 0 Å². The lowest BCUT2D eigenvalue weighted by atomic mass is 9.50. The van der Waals surface area contributed by atoms with Crippen molar-refractivity contribution in [1.29, 1.82) is 0 Å². The van der Waals surface area contributed by atoms with E-state index < -0.39 is 32.4 Å². The predicted molar refractivity (Wildman–Crippen MR) is 287 cm³/mol. The SMILES string of the molecule is C.C.CC[C@@H](O)CC([C@@H](C)[C@H]1CC[C@H]2[C@@H]3CC=C4C[C@](O)(CC)CC[C@@H]4[C@H]3CC[C@]12C)S(=O)(=O)c1ccccc1.CC[C@@H](O)CC[C@@H](C)[C@H]1CC[C@H]2[C@@H]3CC=C4C[C@](O)(CC)CC[C@@H]4[C@H]3CC[C@]12C. The highest BCUT2D eigenvalue weighted by atomic mass is 32.2. The molecule has 8 aliphatic rings. The van der Waals surface area contributed by atoms with Crippen LogP contribution in [0.1, 0.15) is 218 Å². The summed E-state index contributed by atoms with van der Waals surface area (Å²) in [5, 5.41) is 42.0. The van der Waals surface area contributed by atoms with Crippen LogP contribution in [0.2, 0.25) is 0 Å². The molecule has 0 bridgehead atoms. The second kappa shape index (κ2) is 22.5. The highest BCUT2D eigenvalue weighted by Crippen LogP contribution is 2.67. The van der Waals surface area contributed by atoms with E-state index in [1.807, 2.05) is 13.0 Å². The van der Waals surface area contributed by atoms with Gasteiger partial charge in [-0.2, -0.15) is 0 Å². The summed E-state index contributed by atoms with van der Waals surface area (Å²) in [6, 6.07) is 8.90. The Labute approximate surface area is 423 Å². The molecule has 1 aromatic carbocycles. The molecule has 19 atom stereocenters. The highest BCUT2D eigenvalue weighted by Gasteiger charge is 2.60. The van der Waals surface area contributed by atoms with Crippen molar-refractivity contribution in [3.05, 3.63) is 53.6 Å². The summed E-state index contributed by atoms with van der Waals surface area (Å²) in [6.07, 6.45) is 28.9. The second-order valence-electron chi connectivity index (χ2n) is 25.3. The van der Waals surface area contributed by atoms with Crippen molar-refractivity contribution in [1.82, 2.24) is 0 Å². The van der Waals surface area contributed by atoms with E-state index >= 15 is 0 Å². The monoisotopic (exact) mass is 977 g/mol. The van der Waals surface area contributed by atoms with Crippen molar-refractivity contribution in [2.45, 2.75) is 251 Å². The number of fused-ring (bicyclic) bond motifs is 10. The van der Waals surface area contributed by atoms with Gasteiger partial charge in [0.1, 0.15) is 0 Å². The summed E-state index contributed by atoms with van der Waals surface area (Å²) in [6.45, 7) is 18.0. The number of allylic oxidation sites excluding steroid dienone is 2. The summed E-state index contributed by atoms with van der Waals surface area (Å²) in [4.78, 5) is 0.387. The molecule has 1 aromatic rings. The largest absolute Gasteiger partial charge is 0.393 e. The Morgan fingerprint density at radius 3 is 1.57 bits per heavy atom. The minimum Gasteiger partial charge on any atom is -0.393 e. The fourth-order valence-corrected chi connectivity index (χ4v) is 20.3. The Kier molecular flexibility index (Phi) is 18.5. The van der Waals surface area contributed by atoms with Gasteiger partial charge in [0.25, 0.3) is 0 Å². The molecule has 1 unspecified atom stereocenters. The van der Waals surface area contributed by atoms with E-state index in [0.29, 0.717) is 52.7 Å². The Bertz CT molecular complexity index is 2000. The van der Waals surface area contributed by atoms with E-state index in [-0.39, 0.29) is 32.3 Å². The van der Waals surface area contributed by atoms with Crippen LogP contribution in [0.4, 0.5) is 0 Å². The minimum atomic E-state index is -3.55. The van der Waals surface area contributed by atoms with Gasteiger partial charge in [0.2, 0.25) is 0 Å². The number of rotatable bonds is 14. The zero-order valence-corrected chi connectivity index (χ0v) is 44.3. The number of aliphatic hydroxyl groups excluding tert-OH is 2. The van der Waals surface area contributed by atoms with Crippen LogP contribution in [0.25, 0.3) is 0 Å². The molecule has 6 nitrogen and oxygen atoms in total. The van der Waals surface area contributed by atoms with Gasteiger partial charge in [-0.1, -0.05) is 112 Å². The van der Waals surface area contributed by atoms with Gasteiger partial charge in [0, 0.05) is 0 Å². The molecule has 9 rings (SSSR count). The van der Waals surface area contributed by atoms with Crippen LogP contribution in [0.5, 0.6) is 0 Å². The Hall–Kier alpha value is -1.51. The van der Waals surface area contributed by atoms with E-state index in [1.165, 1.54) is 69.8 Å². The van der Waals surface area contributed by atoms with Gasteiger partial charge in [0.05, 0.1) is 33.6 Å². The van der Waals surface area contributed by atoms with Gasteiger partial charge in [0.15, 0.2) is 9.84 Å². The predicted octanol–water partition coefficient (Wildman–Crippen LogP) is 14.7. The minimum absolute atomic E-state index is 0. The van der Waals surface area contributed by atoms with E-state index in [1.54, 1.807) is 29.8 Å². The van der Waals surface area contributed by atoms with E-state index in [0.717, 1.165) is 106 Å². The molecule has 69 heavy (non-hydrogen) atoms. The summed E-state index contributed by atoms with van der Waals surface area (Å²) >= 11 is 0. The van der Waals surface area contributed by atoms with Gasteiger partial charge >= 0.3 is 0 Å². The first kappa shape index (κ1) is 56.8. The summed E-state index contributed by atoms with van der Waals surface area (Å²) in [5.41, 5.74) is 2.87. The third kappa shape index (κ3) is 10.9. The van der Waals surface area contributed by atoms with Crippen molar-refractivity contribution in [2.24, 2.45) is 81.8 Å². The first-order chi connectivity index (χ1) is 31.8. The molecule has 0 aromatic heterocycles. The van der Waals surface area contributed by atoms with Crippen LogP contribution in [0, 0.1) is 81.8 Å². The number of sulfone groups is 1. The maximum absolute atomic E-state index is 14.0. The molecule has 394 valence electrons. The summed E-state index contributed by atoms with van der Waals surface area (Å²) < 4.78 is 27.9. The fraction of sp³-hybridized carbons (Fsp3) is 0.839. The molecule has 0 aliphatic heterocycles. The lowest BCUT2D eigenvalue weighted by Crippen LogP contribution is -2.49. The van der Waals surface area contributed by atoms with Crippen molar-refractivity contribution in [3.63, 3.8) is 0 Å². The standard InChI is InChI=1S/C33H50O4S.C27H46O2.2CH4/c1-5-24(34)20-31(38(36,37)25-10-8-7-9-11-25)22(3)29-14-15-30-28-13-12-23-21-33(35,6-2)19-17-26(23)27(28)16-18-32(29,30)4;1-5-20(28)9-7-18(3)24-11-12-25-23-10-8-19-17-27(29,6-2)16-14-21(19)22(23)13-15-26(24,25)4;;/h7-12,22,24,26-31,34-35H,5-6,13-21H2,1-4H3;8,18,20-25,28-29H,5-7,9-17H2,1-4H3;2*1H4/t22-,24+,26-,27+,28+,29+,30-,31?,32+,33-;18-,20-,21+,22-,23-,24-,25+,26-,27+;;/m01../s1. The lowest BCUT2D eigenvalue weighted by Gasteiger charge is -2.55. The topological polar surface area (TPSA) is 115 Å². The third-order valence-corrected chi connectivity index (χ3v) is 24.8. The van der Waals surface area contributed by atoms with Crippen LogP contribution in [0.15, 0.2) is 58.5 Å². The van der Waals surface area contributed by atoms with Gasteiger partial charge in [-0.15, -0.1) is 0 Å². The molecule has 7 heteroatoms. The summed E-state index contributed by atoms with van der Waals surface area (Å²) in [7, 11) is -3.55. The van der Waals surface area contributed by atoms with Crippen LogP contribution in [-0.2, 0) is 9.84 Å². The molecular weight excluding hydrogens is 873 g/mol. The molecule has 6 saturated carbocycles. The number of hydrogen-bond acceptors (Lipinski definition) is 6. The molecule has 6 fully saturated rings. The van der Waals surface area contributed by atoms with E-state index in [4.69, 9.17) is 0 Å². The fourth-order valence-electron chi connectivity index (χ4n) is 18.2. The number of benzene rings is 1. The summed E-state index contributed by atoms with van der Waals surface area (Å²) in [5.74, 6) is 8.02. The van der Waals surface area contributed by atoms with Crippen molar-refractivity contribution in [3.8, 4) is 0 Å². The number of aliphatic hydroxyl groups is 4. The molecule has 0 heterocycles. The van der Waals surface area contributed by atoms with Gasteiger partial charge in [-0.25, -0.2) is 8.42 Å². The average molecular weight is 978 g/mol. The quantitative estimate of drug-likeness (QED) is 0.138. The molecule has 4 N–H and O–H groups in total. The second-order valence-corrected chi connectivity index (χ2v) is 27.5. The Morgan fingerprint density at radius 2 is 1.09 bits per heavy atom. The number of hydrogen-bond donors (Lipinski definition) is 4. The van der Waals surface area contributed by atoms with Gasteiger partial charge in [-0.3, -0.25) is 0 Å². The maximum atomic E-state index is 14.0. The first-order valence-electron chi connectivity index (χ1n) is 28.3. The Balaban J connectivity index is 0.000000228. The zero-order chi connectivity index (χ0) is 48.1.